The lowest BCUT2D eigenvalue weighted by atomic mass is 10.2. The van der Waals surface area contributed by atoms with E-state index in [1.54, 1.807) is 17.6 Å². The standard InChI is InChI=1S/C16H19N5O2S/c1-3-4-9-20-14(23)11-7-5-6-8-12(11)21-15(20)18-19-16(21)24-10(2)13(17)22/h5-8,10H,3-4,9H2,1-2H3,(H2,17,22). The Bertz CT molecular complexity index is 962. The van der Waals surface area contributed by atoms with Crippen LogP contribution in [0.5, 0.6) is 0 Å². The average molecular weight is 345 g/mol. The second kappa shape index (κ2) is 6.64. The van der Waals surface area contributed by atoms with Crippen LogP contribution in [0.4, 0.5) is 0 Å². The number of aromatic nitrogens is 4. The number of benzene rings is 1. The molecule has 2 heterocycles. The molecule has 0 saturated carbocycles. The van der Waals surface area contributed by atoms with Crippen molar-refractivity contribution in [3.63, 3.8) is 0 Å². The molecule has 8 heteroatoms. The first kappa shape index (κ1) is 16.5. The summed E-state index contributed by atoms with van der Waals surface area (Å²) < 4.78 is 3.48. The van der Waals surface area contributed by atoms with Gasteiger partial charge in [-0.3, -0.25) is 18.6 Å². The zero-order valence-electron chi connectivity index (χ0n) is 13.6. The van der Waals surface area contributed by atoms with Crippen LogP contribution in [-0.2, 0) is 11.3 Å². The van der Waals surface area contributed by atoms with Gasteiger partial charge >= 0.3 is 0 Å². The quantitative estimate of drug-likeness (QED) is 0.688. The maximum atomic E-state index is 12.8. The second-order valence-electron chi connectivity index (χ2n) is 5.61. The Morgan fingerprint density at radius 1 is 1.33 bits per heavy atom. The Labute approximate surface area is 142 Å². The molecule has 0 fully saturated rings. The van der Waals surface area contributed by atoms with Gasteiger partial charge in [0.2, 0.25) is 11.7 Å². The van der Waals surface area contributed by atoms with Gasteiger partial charge in [-0.25, -0.2) is 0 Å². The van der Waals surface area contributed by atoms with E-state index >= 15 is 0 Å². The summed E-state index contributed by atoms with van der Waals surface area (Å²) in [6.07, 6.45) is 1.85. The molecule has 2 aromatic heterocycles. The zero-order chi connectivity index (χ0) is 17.3. The molecule has 24 heavy (non-hydrogen) atoms. The summed E-state index contributed by atoms with van der Waals surface area (Å²) in [6, 6.07) is 7.36. The number of primary amides is 1. The van der Waals surface area contributed by atoms with Crippen molar-refractivity contribution >= 4 is 34.3 Å². The molecule has 0 bridgehead atoms. The number of unbranched alkanes of at least 4 members (excludes halogenated alkanes) is 1. The van der Waals surface area contributed by atoms with Crippen molar-refractivity contribution < 1.29 is 4.79 Å². The number of nitrogens with two attached hydrogens (primary N) is 1. The number of thioether (sulfide) groups is 1. The fourth-order valence-corrected chi connectivity index (χ4v) is 3.35. The third-order valence-electron chi connectivity index (χ3n) is 3.90. The molecule has 3 aromatic rings. The van der Waals surface area contributed by atoms with E-state index in [0.717, 1.165) is 18.4 Å². The molecular weight excluding hydrogens is 326 g/mol. The van der Waals surface area contributed by atoms with Crippen molar-refractivity contribution in [2.45, 2.75) is 43.6 Å². The van der Waals surface area contributed by atoms with Crippen LogP contribution in [0.3, 0.4) is 0 Å². The highest BCUT2D eigenvalue weighted by Crippen LogP contribution is 2.24. The SMILES string of the molecule is CCCCn1c(=O)c2ccccc2n2c(SC(C)C(N)=O)nnc12. The molecule has 0 spiro atoms. The fourth-order valence-electron chi connectivity index (χ4n) is 2.54. The van der Waals surface area contributed by atoms with Crippen LogP contribution in [0.1, 0.15) is 26.7 Å². The van der Waals surface area contributed by atoms with Crippen molar-refractivity contribution in [3.05, 3.63) is 34.6 Å². The van der Waals surface area contributed by atoms with Crippen molar-refractivity contribution in [2.24, 2.45) is 5.73 Å². The van der Waals surface area contributed by atoms with Gasteiger partial charge in [0.25, 0.3) is 5.56 Å². The molecule has 1 unspecified atom stereocenters. The lowest BCUT2D eigenvalue weighted by molar-refractivity contribution is -0.117. The van der Waals surface area contributed by atoms with Crippen LogP contribution in [-0.4, -0.2) is 30.3 Å². The van der Waals surface area contributed by atoms with Gasteiger partial charge in [0.1, 0.15) is 0 Å². The number of hydrogen-bond acceptors (Lipinski definition) is 5. The van der Waals surface area contributed by atoms with Crippen LogP contribution in [0.15, 0.2) is 34.2 Å². The fraction of sp³-hybridized carbons (Fsp3) is 0.375. The minimum absolute atomic E-state index is 0.0709. The molecule has 0 aliphatic rings. The summed E-state index contributed by atoms with van der Waals surface area (Å²) in [5.41, 5.74) is 6.02. The molecule has 0 aliphatic heterocycles. The largest absolute Gasteiger partial charge is 0.369 e. The normalized spacial score (nSPS) is 12.8. The molecule has 1 amide bonds. The predicted octanol–water partition coefficient (Wildman–Crippen LogP) is 1.81. The summed E-state index contributed by atoms with van der Waals surface area (Å²) in [4.78, 5) is 24.2. The highest BCUT2D eigenvalue weighted by Gasteiger charge is 2.19. The van der Waals surface area contributed by atoms with Crippen LogP contribution >= 0.6 is 11.8 Å². The van der Waals surface area contributed by atoms with E-state index in [9.17, 15) is 9.59 Å². The minimum atomic E-state index is -0.438. The third kappa shape index (κ3) is 2.77. The van der Waals surface area contributed by atoms with Crippen LogP contribution in [0.25, 0.3) is 16.7 Å². The first-order chi connectivity index (χ1) is 11.5. The summed E-state index contributed by atoms with van der Waals surface area (Å²) in [6.45, 7) is 4.38. The molecule has 2 N–H and O–H groups in total. The first-order valence-corrected chi connectivity index (χ1v) is 8.75. The number of fused-ring (bicyclic) bond motifs is 3. The monoisotopic (exact) mass is 345 g/mol. The average Bonchev–Trinajstić information content (AvgIpc) is 2.98. The number of aryl methyl sites for hydroxylation is 1. The second-order valence-corrected chi connectivity index (χ2v) is 6.92. The highest BCUT2D eigenvalue weighted by atomic mass is 32.2. The summed E-state index contributed by atoms with van der Waals surface area (Å²) in [5, 5.41) is 9.11. The van der Waals surface area contributed by atoms with E-state index in [1.165, 1.54) is 11.8 Å². The van der Waals surface area contributed by atoms with Gasteiger partial charge in [0, 0.05) is 6.54 Å². The number of hydrogen-bond donors (Lipinski definition) is 1. The summed E-state index contributed by atoms with van der Waals surface area (Å²) in [7, 11) is 0. The molecule has 126 valence electrons. The maximum absolute atomic E-state index is 12.8. The van der Waals surface area contributed by atoms with Crippen LogP contribution in [0, 0.1) is 0 Å². The Kier molecular flexibility index (Phi) is 4.57. The van der Waals surface area contributed by atoms with E-state index in [1.807, 2.05) is 22.6 Å². The minimum Gasteiger partial charge on any atom is -0.369 e. The zero-order valence-corrected chi connectivity index (χ0v) is 14.4. The molecule has 3 rings (SSSR count). The number of carbonyl (C=O) groups excluding carboxylic acids is 1. The van der Waals surface area contributed by atoms with Gasteiger partial charge in [0.05, 0.1) is 16.2 Å². The Balaban J connectivity index is 2.28. The lowest BCUT2D eigenvalue weighted by Gasteiger charge is -2.11. The van der Waals surface area contributed by atoms with Crippen LogP contribution < -0.4 is 11.3 Å². The molecule has 7 nitrogen and oxygen atoms in total. The van der Waals surface area contributed by atoms with Crippen molar-refractivity contribution in [1.29, 1.82) is 0 Å². The summed E-state index contributed by atoms with van der Waals surface area (Å²) in [5.74, 6) is 0.0756. The molecule has 0 aliphatic carbocycles. The van der Waals surface area contributed by atoms with E-state index in [4.69, 9.17) is 5.73 Å². The van der Waals surface area contributed by atoms with Gasteiger partial charge < -0.3 is 5.73 Å². The molecule has 1 aromatic carbocycles. The van der Waals surface area contributed by atoms with Gasteiger partial charge in [-0.15, -0.1) is 10.2 Å². The summed E-state index contributed by atoms with van der Waals surface area (Å²) >= 11 is 1.24. The predicted molar refractivity (Wildman–Crippen MR) is 94.2 cm³/mol. The highest BCUT2D eigenvalue weighted by molar-refractivity contribution is 8.00. The third-order valence-corrected chi connectivity index (χ3v) is 4.96. The number of rotatable bonds is 6. The topological polar surface area (TPSA) is 95.3 Å². The molecule has 0 radical (unpaired) electrons. The number of carbonyl (C=O) groups is 1. The van der Waals surface area contributed by atoms with Crippen molar-refractivity contribution in [1.82, 2.24) is 19.2 Å². The number of nitrogens with zero attached hydrogens (tertiary/aromatic N) is 4. The molecule has 0 saturated heterocycles. The van der Waals surface area contributed by atoms with Gasteiger partial charge in [-0.2, -0.15) is 0 Å². The molecular formula is C16H19N5O2S. The Hall–Kier alpha value is -2.35. The van der Waals surface area contributed by atoms with E-state index in [0.29, 0.717) is 22.9 Å². The Morgan fingerprint density at radius 3 is 2.79 bits per heavy atom. The van der Waals surface area contributed by atoms with E-state index in [2.05, 4.69) is 17.1 Å². The number of para-hydroxylation sites is 1. The first-order valence-electron chi connectivity index (χ1n) is 7.87. The Morgan fingerprint density at radius 2 is 2.08 bits per heavy atom. The van der Waals surface area contributed by atoms with Gasteiger partial charge in [-0.1, -0.05) is 37.2 Å². The van der Waals surface area contributed by atoms with Crippen molar-refractivity contribution in [2.75, 3.05) is 0 Å². The van der Waals surface area contributed by atoms with Gasteiger partial charge in [0.15, 0.2) is 5.16 Å². The smallest absolute Gasteiger partial charge is 0.262 e. The maximum Gasteiger partial charge on any atom is 0.262 e. The number of amides is 1. The molecule has 1 atom stereocenters. The van der Waals surface area contributed by atoms with Crippen LogP contribution in [0.2, 0.25) is 0 Å². The van der Waals surface area contributed by atoms with E-state index < -0.39 is 11.2 Å². The lowest BCUT2D eigenvalue weighted by Crippen LogP contribution is -2.24. The van der Waals surface area contributed by atoms with E-state index in [-0.39, 0.29) is 5.56 Å². The van der Waals surface area contributed by atoms with Gasteiger partial charge in [-0.05, 0) is 25.5 Å². The van der Waals surface area contributed by atoms with Crippen molar-refractivity contribution in [3.8, 4) is 0 Å².